The maximum absolute atomic E-state index is 12.2. The van der Waals surface area contributed by atoms with Crippen LogP contribution in [0.25, 0.3) is 0 Å². The van der Waals surface area contributed by atoms with Crippen LogP contribution >= 0.6 is 11.9 Å². The van der Waals surface area contributed by atoms with Gasteiger partial charge in [-0.2, -0.15) is 0 Å². The summed E-state index contributed by atoms with van der Waals surface area (Å²) in [4.78, 5) is 10.9. The monoisotopic (exact) mass is 425 g/mol. The van der Waals surface area contributed by atoms with Crippen LogP contribution in [-0.4, -0.2) is 54.3 Å². The molecule has 3 rings (SSSR count). The van der Waals surface area contributed by atoms with Crippen molar-refractivity contribution < 1.29 is 17.9 Å². The number of aromatic nitrogens is 1. The summed E-state index contributed by atoms with van der Waals surface area (Å²) in [5.74, 6) is 0.536. The van der Waals surface area contributed by atoms with Gasteiger partial charge in [0.25, 0.3) is 0 Å². The van der Waals surface area contributed by atoms with Crippen molar-refractivity contribution in [1.82, 2.24) is 9.29 Å². The second-order valence-corrected chi connectivity index (χ2v) is 8.35. The van der Waals surface area contributed by atoms with Crippen LogP contribution < -0.4 is 15.4 Å². The minimum Gasteiger partial charge on any atom is -0.406 e. The van der Waals surface area contributed by atoms with Crippen LogP contribution in [0.1, 0.15) is 12.0 Å². The van der Waals surface area contributed by atoms with Crippen molar-refractivity contribution in [2.45, 2.75) is 18.0 Å². The standard InChI is InChI=1S/C19H22F3N5OS/c1-26(2)29-16-7-8-27(12-16)18-9-17(23)13(11-25-18)10-24-14-3-5-15(6-4-14)28-19(20,21)22/h3-6,9-11,16H,7-8,12H2,1-2H3,(H2,23,25). The minimum atomic E-state index is -4.72. The van der Waals surface area contributed by atoms with E-state index in [9.17, 15) is 13.2 Å². The first-order chi connectivity index (χ1) is 13.7. The summed E-state index contributed by atoms with van der Waals surface area (Å²) in [6.07, 6.45) is -0.434. The van der Waals surface area contributed by atoms with Gasteiger partial charge >= 0.3 is 6.36 Å². The number of nitrogens with two attached hydrogens (primary N) is 1. The Morgan fingerprint density at radius 3 is 2.66 bits per heavy atom. The van der Waals surface area contributed by atoms with Gasteiger partial charge in [-0.15, -0.1) is 13.2 Å². The summed E-state index contributed by atoms with van der Waals surface area (Å²) in [5.41, 5.74) is 7.81. The second kappa shape index (κ2) is 8.91. The van der Waals surface area contributed by atoms with Crippen molar-refractivity contribution in [1.29, 1.82) is 0 Å². The van der Waals surface area contributed by atoms with Crippen LogP contribution in [0.2, 0.25) is 0 Å². The van der Waals surface area contributed by atoms with E-state index in [0.717, 1.165) is 25.3 Å². The molecule has 0 aliphatic carbocycles. The third-order valence-corrected chi connectivity index (χ3v) is 5.31. The fourth-order valence-corrected chi connectivity index (χ4v) is 4.00. The van der Waals surface area contributed by atoms with Crippen molar-refractivity contribution in [3.05, 3.63) is 42.1 Å². The highest BCUT2D eigenvalue weighted by Gasteiger charge is 2.31. The second-order valence-electron chi connectivity index (χ2n) is 6.75. The molecule has 1 saturated heterocycles. The summed E-state index contributed by atoms with van der Waals surface area (Å²) in [7, 11) is 4.07. The number of ether oxygens (including phenoxy) is 1. The highest BCUT2D eigenvalue weighted by atomic mass is 32.2. The molecule has 0 amide bonds. The summed E-state index contributed by atoms with van der Waals surface area (Å²) in [6.45, 7) is 1.84. The predicted octanol–water partition coefficient (Wildman–Crippen LogP) is 4.10. The molecule has 0 radical (unpaired) electrons. The molecular formula is C19H22F3N5OS. The van der Waals surface area contributed by atoms with E-state index in [2.05, 4.69) is 23.9 Å². The Labute approximate surface area is 171 Å². The SMILES string of the molecule is CN(C)SC1CCN(c2cc(N)c(C=Nc3ccc(OC(F)(F)F)cc3)cn2)C1. The lowest BCUT2D eigenvalue weighted by molar-refractivity contribution is -0.274. The first-order valence-electron chi connectivity index (χ1n) is 8.94. The van der Waals surface area contributed by atoms with Crippen LogP contribution in [0.4, 0.5) is 30.4 Å². The number of pyridine rings is 1. The Morgan fingerprint density at radius 1 is 1.31 bits per heavy atom. The lowest BCUT2D eigenvalue weighted by atomic mass is 10.2. The average Bonchev–Trinajstić information content (AvgIpc) is 3.08. The number of hydrogen-bond donors (Lipinski definition) is 1. The van der Waals surface area contributed by atoms with Gasteiger partial charge in [-0.3, -0.25) is 9.30 Å². The average molecular weight is 425 g/mol. The molecule has 0 saturated carbocycles. The molecule has 156 valence electrons. The molecule has 1 aromatic heterocycles. The molecule has 1 atom stereocenters. The van der Waals surface area contributed by atoms with Gasteiger partial charge in [-0.05, 0) is 44.8 Å². The maximum Gasteiger partial charge on any atom is 0.573 e. The summed E-state index contributed by atoms with van der Waals surface area (Å²) < 4.78 is 42.5. The smallest absolute Gasteiger partial charge is 0.406 e. The summed E-state index contributed by atoms with van der Waals surface area (Å²) in [6, 6.07) is 7.11. The van der Waals surface area contributed by atoms with E-state index in [0.29, 0.717) is 22.2 Å². The van der Waals surface area contributed by atoms with Gasteiger partial charge in [0.2, 0.25) is 0 Å². The molecular weight excluding hydrogens is 403 g/mol. The number of hydrogen-bond acceptors (Lipinski definition) is 7. The number of aliphatic imine (C=N–C) groups is 1. The molecule has 1 aliphatic rings. The Balaban J connectivity index is 1.63. The van der Waals surface area contributed by atoms with E-state index >= 15 is 0 Å². The predicted molar refractivity (Wildman–Crippen MR) is 111 cm³/mol. The van der Waals surface area contributed by atoms with Crippen LogP contribution in [0.3, 0.4) is 0 Å². The van der Waals surface area contributed by atoms with Crippen molar-refractivity contribution in [3.8, 4) is 5.75 Å². The molecule has 0 bridgehead atoms. The normalized spacial score (nSPS) is 17.4. The zero-order chi connectivity index (χ0) is 21.0. The highest BCUT2D eigenvalue weighted by Crippen LogP contribution is 2.29. The van der Waals surface area contributed by atoms with Gasteiger partial charge in [0.1, 0.15) is 11.6 Å². The zero-order valence-corrected chi connectivity index (χ0v) is 16.9. The maximum atomic E-state index is 12.2. The summed E-state index contributed by atoms with van der Waals surface area (Å²) in [5, 5.41) is 0.526. The number of nitrogen functional groups attached to an aromatic ring is 1. The minimum absolute atomic E-state index is 0.293. The van der Waals surface area contributed by atoms with Crippen molar-refractivity contribution in [2.24, 2.45) is 4.99 Å². The number of halogens is 3. The number of nitrogens with zero attached hydrogens (tertiary/aromatic N) is 4. The van der Waals surface area contributed by atoms with Crippen LogP contribution in [0.15, 0.2) is 41.5 Å². The van der Waals surface area contributed by atoms with E-state index < -0.39 is 6.36 Å². The molecule has 10 heteroatoms. The molecule has 0 spiro atoms. The van der Waals surface area contributed by atoms with E-state index in [-0.39, 0.29) is 5.75 Å². The van der Waals surface area contributed by atoms with E-state index in [1.807, 2.05) is 32.1 Å². The van der Waals surface area contributed by atoms with Crippen molar-refractivity contribution in [3.63, 3.8) is 0 Å². The quantitative estimate of drug-likeness (QED) is 0.555. The molecule has 2 aromatic rings. The number of benzene rings is 1. The molecule has 1 aliphatic heterocycles. The first kappa shape index (κ1) is 21.3. The Morgan fingerprint density at radius 2 is 2.03 bits per heavy atom. The van der Waals surface area contributed by atoms with E-state index in [1.54, 1.807) is 12.4 Å². The van der Waals surface area contributed by atoms with Crippen molar-refractivity contribution in [2.75, 3.05) is 37.8 Å². The van der Waals surface area contributed by atoms with E-state index in [4.69, 9.17) is 5.73 Å². The van der Waals surface area contributed by atoms with Gasteiger partial charge in [0.15, 0.2) is 0 Å². The third-order valence-electron chi connectivity index (χ3n) is 4.21. The number of rotatable bonds is 6. The van der Waals surface area contributed by atoms with Gasteiger partial charge in [0, 0.05) is 48.1 Å². The van der Waals surface area contributed by atoms with Crippen molar-refractivity contribution >= 4 is 35.4 Å². The van der Waals surface area contributed by atoms with Gasteiger partial charge < -0.3 is 15.4 Å². The van der Waals surface area contributed by atoms with Gasteiger partial charge in [-0.25, -0.2) is 4.98 Å². The van der Waals surface area contributed by atoms with Gasteiger partial charge in [0.05, 0.1) is 5.69 Å². The fraction of sp³-hybridized carbons (Fsp3) is 0.368. The Bertz CT molecular complexity index is 858. The Kier molecular flexibility index (Phi) is 6.53. The number of alkyl halides is 3. The molecule has 1 unspecified atom stereocenters. The van der Waals surface area contributed by atoms with Crippen LogP contribution in [-0.2, 0) is 0 Å². The molecule has 29 heavy (non-hydrogen) atoms. The molecule has 6 nitrogen and oxygen atoms in total. The Hall–Kier alpha value is -2.46. The third kappa shape index (κ3) is 6.26. The lowest BCUT2D eigenvalue weighted by Gasteiger charge is -2.19. The zero-order valence-electron chi connectivity index (χ0n) is 16.1. The van der Waals surface area contributed by atoms with Crippen LogP contribution in [0.5, 0.6) is 5.75 Å². The molecule has 2 heterocycles. The largest absolute Gasteiger partial charge is 0.573 e. The fourth-order valence-electron chi connectivity index (χ4n) is 2.95. The molecule has 1 aromatic carbocycles. The molecule has 2 N–H and O–H groups in total. The molecule has 1 fully saturated rings. The topological polar surface area (TPSA) is 67.0 Å². The van der Waals surface area contributed by atoms with Crippen LogP contribution in [0, 0.1) is 0 Å². The van der Waals surface area contributed by atoms with E-state index in [1.165, 1.54) is 24.3 Å². The lowest BCUT2D eigenvalue weighted by Crippen LogP contribution is -2.22. The number of anilines is 2. The summed E-state index contributed by atoms with van der Waals surface area (Å²) >= 11 is 1.82. The highest BCUT2D eigenvalue weighted by molar-refractivity contribution is 7.97. The first-order valence-corrected chi connectivity index (χ1v) is 9.78. The van der Waals surface area contributed by atoms with Gasteiger partial charge in [-0.1, -0.05) is 11.9 Å².